The second-order valence-corrected chi connectivity index (χ2v) is 4.50. The molecule has 0 spiro atoms. The molecule has 1 unspecified atom stereocenters. The molecule has 110 valence electrons. The van der Waals surface area contributed by atoms with E-state index in [0.717, 1.165) is 0 Å². The molecule has 1 aliphatic heterocycles. The van der Waals surface area contributed by atoms with E-state index in [9.17, 15) is 18.0 Å². The molecular formula is C11H17F3N2O3. The third-order valence-electron chi connectivity index (χ3n) is 2.91. The van der Waals surface area contributed by atoms with E-state index in [1.54, 1.807) is 4.90 Å². The summed E-state index contributed by atoms with van der Waals surface area (Å²) >= 11 is 0. The number of halogens is 3. The molecule has 1 atom stereocenters. The molecule has 1 aliphatic rings. The maximum atomic E-state index is 11.8. The van der Waals surface area contributed by atoms with E-state index >= 15 is 0 Å². The summed E-state index contributed by atoms with van der Waals surface area (Å²) < 4.78 is 39.8. The first kappa shape index (κ1) is 15.7. The van der Waals surface area contributed by atoms with Crippen LogP contribution in [0.15, 0.2) is 5.16 Å². The van der Waals surface area contributed by atoms with Gasteiger partial charge in [-0.05, 0) is 0 Å². The summed E-state index contributed by atoms with van der Waals surface area (Å²) in [6.45, 7) is 1.08. The van der Waals surface area contributed by atoms with Crippen molar-refractivity contribution in [3.05, 3.63) is 0 Å². The number of carbonyl (C=O) groups is 1. The monoisotopic (exact) mass is 282 g/mol. The third-order valence-corrected chi connectivity index (χ3v) is 2.91. The summed E-state index contributed by atoms with van der Waals surface area (Å²) in [5, 5.41) is 11.8. The number of rotatable bonds is 4. The van der Waals surface area contributed by atoms with Gasteiger partial charge in [-0.25, -0.2) is 0 Å². The van der Waals surface area contributed by atoms with Crippen LogP contribution in [0.1, 0.15) is 19.8 Å². The van der Waals surface area contributed by atoms with Crippen molar-refractivity contribution in [2.45, 2.75) is 25.9 Å². The average Bonchev–Trinajstić information content (AvgIpc) is 2.33. The van der Waals surface area contributed by atoms with Crippen LogP contribution in [0.25, 0.3) is 0 Å². The zero-order valence-corrected chi connectivity index (χ0v) is 10.6. The Hall–Kier alpha value is -1.31. The lowest BCUT2D eigenvalue weighted by Crippen LogP contribution is -2.43. The summed E-state index contributed by atoms with van der Waals surface area (Å²) in [6, 6.07) is 0. The van der Waals surface area contributed by atoms with Gasteiger partial charge >= 0.3 is 6.18 Å². The van der Waals surface area contributed by atoms with Gasteiger partial charge in [-0.15, -0.1) is 0 Å². The predicted octanol–water partition coefficient (Wildman–Crippen LogP) is 1.65. The number of alkyl halides is 3. The minimum Gasteiger partial charge on any atom is -0.411 e. The highest BCUT2D eigenvalue weighted by Gasteiger charge is 2.28. The second-order valence-electron chi connectivity index (χ2n) is 4.50. The molecule has 8 heteroatoms. The maximum Gasteiger partial charge on any atom is 0.411 e. The first-order valence-electron chi connectivity index (χ1n) is 5.96. The van der Waals surface area contributed by atoms with E-state index in [4.69, 9.17) is 5.21 Å². The molecule has 19 heavy (non-hydrogen) atoms. The van der Waals surface area contributed by atoms with E-state index in [1.807, 2.05) is 6.92 Å². The summed E-state index contributed by atoms with van der Waals surface area (Å²) in [5.74, 6) is -0.287. The SMILES string of the molecule is CC1CN(C(=O)CCOCC(F)(F)F)CCC1=NO. The van der Waals surface area contributed by atoms with Crippen LogP contribution in [0.4, 0.5) is 13.2 Å². The number of oxime groups is 1. The molecule has 0 aromatic rings. The summed E-state index contributed by atoms with van der Waals surface area (Å²) in [6.07, 6.45) is -3.96. The fraction of sp³-hybridized carbons (Fsp3) is 0.818. The van der Waals surface area contributed by atoms with Gasteiger partial charge in [0.25, 0.3) is 0 Å². The number of carbonyl (C=O) groups excluding carboxylic acids is 1. The minimum absolute atomic E-state index is 0.0428. The van der Waals surface area contributed by atoms with Crippen LogP contribution in [-0.4, -0.2) is 54.2 Å². The van der Waals surface area contributed by atoms with Gasteiger partial charge in [0, 0.05) is 25.4 Å². The van der Waals surface area contributed by atoms with Gasteiger partial charge in [-0.3, -0.25) is 4.79 Å². The van der Waals surface area contributed by atoms with Crippen molar-refractivity contribution in [1.29, 1.82) is 0 Å². The van der Waals surface area contributed by atoms with Gasteiger partial charge in [0.05, 0.1) is 18.7 Å². The molecule has 0 aromatic heterocycles. The van der Waals surface area contributed by atoms with Crippen molar-refractivity contribution < 1.29 is 27.9 Å². The van der Waals surface area contributed by atoms with Crippen molar-refractivity contribution in [3.8, 4) is 0 Å². The Balaban J connectivity index is 2.28. The molecule has 0 bridgehead atoms. The van der Waals surface area contributed by atoms with Gasteiger partial charge < -0.3 is 14.8 Å². The summed E-state index contributed by atoms with van der Waals surface area (Å²) in [5.41, 5.74) is 0.636. The number of likely N-dealkylation sites (tertiary alicyclic amines) is 1. The van der Waals surface area contributed by atoms with Gasteiger partial charge in [0.15, 0.2) is 0 Å². The largest absolute Gasteiger partial charge is 0.411 e. The zero-order chi connectivity index (χ0) is 14.5. The van der Waals surface area contributed by atoms with E-state index in [2.05, 4.69) is 9.89 Å². The molecule has 1 amide bonds. The smallest absolute Gasteiger partial charge is 0.411 e. The highest BCUT2D eigenvalue weighted by atomic mass is 19.4. The number of hydrogen-bond acceptors (Lipinski definition) is 4. The molecule has 1 rings (SSSR count). The quantitative estimate of drug-likeness (QED) is 0.484. The number of hydrogen-bond donors (Lipinski definition) is 1. The molecule has 0 saturated carbocycles. The van der Waals surface area contributed by atoms with Crippen molar-refractivity contribution in [2.24, 2.45) is 11.1 Å². The number of amides is 1. The Bertz CT molecular complexity index is 345. The van der Waals surface area contributed by atoms with Gasteiger partial charge in [0.2, 0.25) is 5.91 Å². The standard InChI is InChI=1S/C11H17F3N2O3/c1-8-6-16(4-2-9(8)15-18)10(17)3-5-19-7-11(12,13)14/h8,18H,2-7H2,1H3. The van der Waals surface area contributed by atoms with Crippen LogP contribution in [-0.2, 0) is 9.53 Å². The first-order chi connectivity index (χ1) is 8.83. The van der Waals surface area contributed by atoms with E-state index < -0.39 is 12.8 Å². The fourth-order valence-corrected chi connectivity index (χ4v) is 1.90. The van der Waals surface area contributed by atoms with Crippen molar-refractivity contribution in [1.82, 2.24) is 4.90 Å². The average molecular weight is 282 g/mol. The highest BCUT2D eigenvalue weighted by molar-refractivity contribution is 5.89. The van der Waals surface area contributed by atoms with Gasteiger partial charge in [-0.1, -0.05) is 12.1 Å². The molecule has 1 heterocycles. The lowest BCUT2D eigenvalue weighted by atomic mass is 9.97. The van der Waals surface area contributed by atoms with Crippen molar-refractivity contribution in [2.75, 3.05) is 26.3 Å². The Morgan fingerprint density at radius 3 is 2.79 bits per heavy atom. The van der Waals surface area contributed by atoms with Crippen molar-refractivity contribution in [3.63, 3.8) is 0 Å². The molecular weight excluding hydrogens is 265 g/mol. The van der Waals surface area contributed by atoms with Crippen LogP contribution in [0.5, 0.6) is 0 Å². The third kappa shape index (κ3) is 5.46. The second kappa shape index (κ2) is 6.74. The molecule has 1 saturated heterocycles. The highest BCUT2D eigenvalue weighted by Crippen LogP contribution is 2.16. The van der Waals surface area contributed by atoms with E-state index in [1.165, 1.54) is 0 Å². The Labute approximate surface area is 109 Å². The van der Waals surface area contributed by atoms with Crippen LogP contribution in [0.2, 0.25) is 0 Å². The Morgan fingerprint density at radius 2 is 2.26 bits per heavy atom. The molecule has 0 radical (unpaired) electrons. The summed E-state index contributed by atoms with van der Waals surface area (Å²) in [7, 11) is 0. The lowest BCUT2D eigenvalue weighted by Gasteiger charge is -2.31. The molecule has 1 N–H and O–H groups in total. The maximum absolute atomic E-state index is 11.8. The van der Waals surface area contributed by atoms with Crippen LogP contribution in [0, 0.1) is 5.92 Å². The van der Waals surface area contributed by atoms with E-state index in [0.29, 0.717) is 25.2 Å². The Morgan fingerprint density at radius 1 is 1.58 bits per heavy atom. The van der Waals surface area contributed by atoms with Gasteiger partial charge in [0.1, 0.15) is 6.61 Å². The molecule has 0 aliphatic carbocycles. The topological polar surface area (TPSA) is 62.1 Å². The Kier molecular flexibility index (Phi) is 5.59. The van der Waals surface area contributed by atoms with Crippen LogP contribution < -0.4 is 0 Å². The fourth-order valence-electron chi connectivity index (χ4n) is 1.90. The lowest BCUT2D eigenvalue weighted by molar-refractivity contribution is -0.175. The van der Waals surface area contributed by atoms with Crippen molar-refractivity contribution >= 4 is 11.6 Å². The minimum atomic E-state index is -4.37. The number of piperidine rings is 1. The molecule has 0 aromatic carbocycles. The van der Waals surface area contributed by atoms with E-state index in [-0.39, 0.29) is 24.9 Å². The zero-order valence-electron chi connectivity index (χ0n) is 10.6. The van der Waals surface area contributed by atoms with Crippen LogP contribution in [0.3, 0.4) is 0 Å². The first-order valence-corrected chi connectivity index (χ1v) is 5.96. The number of nitrogens with zero attached hydrogens (tertiary/aromatic N) is 2. The van der Waals surface area contributed by atoms with Crippen LogP contribution >= 0.6 is 0 Å². The molecule has 1 fully saturated rings. The summed E-state index contributed by atoms with van der Waals surface area (Å²) in [4.78, 5) is 13.3. The molecule has 5 nitrogen and oxygen atoms in total. The normalized spacial score (nSPS) is 22.8. The predicted molar refractivity (Wildman–Crippen MR) is 61.1 cm³/mol. The number of ether oxygens (including phenoxy) is 1. The van der Waals surface area contributed by atoms with Gasteiger partial charge in [-0.2, -0.15) is 13.2 Å².